The number of benzene rings is 2. The van der Waals surface area contributed by atoms with E-state index in [0.717, 1.165) is 17.2 Å². The average molecular weight is 419 g/mol. The number of ether oxygens (including phenoxy) is 3. The van der Waals surface area contributed by atoms with Crippen molar-refractivity contribution >= 4 is 11.7 Å². The molecule has 1 aliphatic rings. The summed E-state index contributed by atoms with van der Waals surface area (Å²) < 4.78 is 52.3. The summed E-state index contributed by atoms with van der Waals surface area (Å²) >= 11 is 0. The maximum Gasteiger partial charge on any atom is 0.573 e. The molecule has 2 aromatic carbocycles. The third-order valence-electron chi connectivity index (χ3n) is 4.55. The van der Waals surface area contributed by atoms with Gasteiger partial charge in [-0.05, 0) is 29.8 Å². The zero-order valence-corrected chi connectivity index (χ0v) is 15.6. The predicted molar refractivity (Wildman–Crippen MR) is 99.9 cm³/mol. The Labute approximate surface area is 168 Å². The first-order valence-electron chi connectivity index (χ1n) is 8.87. The van der Waals surface area contributed by atoms with Gasteiger partial charge in [0.15, 0.2) is 17.3 Å². The summed E-state index contributed by atoms with van der Waals surface area (Å²) in [5.74, 6) is 0.536. The Balaban J connectivity index is 1.60. The molecule has 4 rings (SSSR count). The van der Waals surface area contributed by atoms with E-state index in [0.29, 0.717) is 17.3 Å². The van der Waals surface area contributed by atoms with Gasteiger partial charge in [-0.25, -0.2) is 0 Å². The van der Waals surface area contributed by atoms with Gasteiger partial charge in [-0.3, -0.25) is 9.89 Å². The SMILES string of the molecule is COc1cc(C2CC(=O)Nc3n[nH]cc32)ccc1Oc1cccc(OC(F)(F)F)c1. The minimum atomic E-state index is -4.80. The van der Waals surface area contributed by atoms with Gasteiger partial charge >= 0.3 is 6.36 Å². The number of methoxy groups -OCH3 is 1. The molecule has 0 bridgehead atoms. The molecule has 7 nitrogen and oxygen atoms in total. The minimum absolute atomic E-state index is 0.150. The minimum Gasteiger partial charge on any atom is -0.493 e. The first-order valence-corrected chi connectivity index (χ1v) is 8.87. The number of hydrogen-bond donors (Lipinski definition) is 2. The Morgan fingerprint density at radius 3 is 2.67 bits per heavy atom. The van der Waals surface area contributed by atoms with Crippen molar-refractivity contribution in [2.24, 2.45) is 0 Å². The number of nitrogens with zero attached hydrogens (tertiary/aromatic N) is 1. The summed E-state index contributed by atoms with van der Waals surface area (Å²) in [6, 6.07) is 10.3. The molecule has 0 saturated heterocycles. The fraction of sp³-hybridized carbons (Fsp3) is 0.200. The normalized spacial score (nSPS) is 15.9. The molecule has 1 atom stereocenters. The van der Waals surface area contributed by atoms with Crippen molar-refractivity contribution in [2.45, 2.75) is 18.7 Å². The number of anilines is 1. The van der Waals surface area contributed by atoms with Crippen LogP contribution >= 0.6 is 0 Å². The van der Waals surface area contributed by atoms with Crippen LogP contribution < -0.4 is 19.5 Å². The highest BCUT2D eigenvalue weighted by molar-refractivity contribution is 5.94. The number of nitrogens with one attached hydrogen (secondary N) is 2. The third kappa shape index (κ3) is 4.17. The molecule has 0 aliphatic carbocycles. The molecule has 0 radical (unpaired) electrons. The number of alkyl halides is 3. The number of hydrogen-bond acceptors (Lipinski definition) is 5. The first-order chi connectivity index (χ1) is 14.3. The lowest BCUT2D eigenvalue weighted by molar-refractivity contribution is -0.274. The number of rotatable bonds is 5. The zero-order chi connectivity index (χ0) is 21.3. The second-order valence-electron chi connectivity index (χ2n) is 6.53. The number of aromatic nitrogens is 2. The lowest BCUT2D eigenvalue weighted by Gasteiger charge is -2.23. The summed E-state index contributed by atoms with van der Waals surface area (Å²) in [6.45, 7) is 0. The third-order valence-corrected chi connectivity index (χ3v) is 4.55. The van der Waals surface area contributed by atoms with E-state index in [9.17, 15) is 18.0 Å². The maximum atomic E-state index is 12.4. The van der Waals surface area contributed by atoms with Crippen molar-refractivity contribution in [1.82, 2.24) is 10.2 Å². The molecule has 156 valence electrons. The second-order valence-corrected chi connectivity index (χ2v) is 6.53. The predicted octanol–water partition coefficient (Wildman–Crippen LogP) is 4.58. The molecule has 1 aromatic heterocycles. The molecule has 1 amide bonds. The summed E-state index contributed by atoms with van der Waals surface area (Å²) in [6.07, 6.45) is -2.83. The average Bonchev–Trinajstić information content (AvgIpc) is 3.15. The quantitative estimate of drug-likeness (QED) is 0.632. The van der Waals surface area contributed by atoms with Crippen molar-refractivity contribution in [2.75, 3.05) is 12.4 Å². The van der Waals surface area contributed by atoms with Gasteiger partial charge in [-0.15, -0.1) is 13.2 Å². The van der Waals surface area contributed by atoms with E-state index in [1.54, 1.807) is 24.4 Å². The van der Waals surface area contributed by atoms with Crippen molar-refractivity contribution in [3.05, 3.63) is 59.8 Å². The number of amides is 1. The van der Waals surface area contributed by atoms with Crippen LogP contribution in [0.4, 0.5) is 19.0 Å². The topological polar surface area (TPSA) is 85.5 Å². The Morgan fingerprint density at radius 2 is 1.90 bits per heavy atom. The Kier molecular flexibility index (Phi) is 4.98. The van der Waals surface area contributed by atoms with Gasteiger partial charge in [-0.2, -0.15) is 5.10 Å². The molecule has 0 saturated carbocycles. The van der Waals surface area contributed by atoms with E-state index >= 15 is 0 Å². The standard InChI is InChI=1S/C20H16F3N3O4/c1-28-17-7-11(14-9-18(27)25-19-15(14)10-24-26-19)5-6-16(17)29-12-3-2-4-13(8-12)30-20(21,22)23/h2-8,10,14H,9H2,1H3,(H2,24,25,26,27). The van der Waals surface area contributed by atoms with Crippen molar-refractivity contribution in [1.29, 1.82) is 0 Å². The Bertz CT molecular complexity index is 1080. The Morgan fingerprint density at radius 1 is 1.10 bits per heavy atom. The second kappa shape index (κ2) is 7.62. The van der Waals surface area contributed by atoms with Crippen LogP contribution in [0.3, 0.4) is 0 Å². The molecule has 30 heavy (non-hydrogen) atoms. The van der Waals surface area contributed by atoms with Crippen LogP contribution in [-0.4, -0.2) is 29.6 Å². The van der Waals surface area contributed by atoms with Crippen LogP contribution in [0.25, 0.3) is 0 Å². The highest BCUT2D eigenvalue weighted by atomic mass is 19.4. The van der Waals surface area contributed by atoms with Gasteiger partial charge in [0.1, 0.15) is 11.5 Å². The number of carbonyl (C=O) groups excluding carboxylic acids is 1. The largest absolute Gasteiger partial charge is 0.573 e. The van der Waals surface area contributed by atoms with E-state index in [1.165, 1.54) is 25.3 Å². The molecular formula is C20H16F3N3O4. The van der Waals surface area contributed by atoms with Crippen LogP contribution in [0.5, 0.6) is 23.0 Å². The van der Waals surface area contributed by atoms with Gasteiger partial charge in [-0.1, -0.05) is 12.1 Å². The van der Waals surface area contributed by atoms with E-state index in [2.05, 4.69) is 20.3 Å². The fourth-order valence-electron chi connectivity index (χ4n) is 3.29. The number of aromatic amines is 1. The van der Waals surface area contributed by atoms with Crippen molar-refractivity contribution in [3.63, 3.8) is 0 Å². The highest BCUT2D eigenvalue weighted by Gasteiger charge is 2.31. The molecule has 3 aromatic rings. The molecule has 2 N–H and O–H groups in total. The van der Waals surface area contributed by atoms with Gasteiger partial charge < -0.3 is 19.5 Å². The van der Waals surface area contributed by atoms with Crippen LogP contribution in [0.2, 0.25) is 0 Å². The van der Waals surface area contributed by atoms with Gasteiger partial charge in [0.05, 0.1) is 7.11 Å². The van der Waals surface area contributed by atoms with E-state index in [-0.39, 0.29) is 24.0 Å². The van der Waals surface area contributed by atoms with Gasteiger partial charge in [0.25, 0.3) is 0 Å². The molecule has 1 unspecified atom stereocenters. The number of carbonyl (C=O) groups is 1. The molecule has 0 fully saturated rings. The van der Waals surface area contributed by atoms with E-state index in [1.807, 2.05) is 0 Å². The molecule has 0 spiro atoms. The molecule has 2 heterocycles. The van der Waals surface area contributed by atoms with Crippen molar-refractivity contribution < 1.29 is 32.2 Å². The molecular weight excluding hydrogens is 403 g/mol. The van der Waals surface area contributed by atoms with Crippen LogP contribution in [0, 0.1) is 0 Å². The van der Waals surface area contributed by atoms with Crippen LogP contribution in [0.1, 0.15) is 23.5 Å². The number of halogens is 3. The lowest BCUT2D eigenvalue weighted by atomic mass is 9.87. The monoisotopic (exact) mass is 419 g/mol. The molecule has 1 aliphatic heterocycles. The zero-order valence-electron chi connectivity index (χ0n) is 15.6. The Hall–Kier alpha value is -3.69. The first kappa shape index (κ1) is 19.6. The lowest BCUT2D eigenvalue weighted by Crippen LogP contribution is -2.22. The summed E-state index contributed by atoms with van der Waals surface area (Å²) in [5, 5.41) is 9.47. The highest BCUT2D eigenvalue weighted by Crippen LogP contribution is 2.40. The van der Waals surface area contributed by atoms with E-state index < -0.39 is 12.1 Å². The smallest absolute Gasteiger partial charge is 0.493 e. The summed E-state index contributed by atoms with van der Waals surface area (Å²) in [5.41, 5.74) is 1.66. The van der Waals surface area contributed by atoms with Crippen molar-refractivity contribution in [3.8, 4) is 23.0 Å². The fourth-order valence-corrected chi connectivity index (χ4v) is 3.29. The number of H-pyrrole nitrogens is 1. The summed E-state index contributed by atoms with van der Waals surface area (Å²) in [4.78, 5) is 12.0. The van der Waals surface area contributed by atoms with E-state index in [4.69, 9.17) is 9.47 Å². The molecule has 10 heteroatoms. The van der Waals surface area contributed by atoms with Gasteiger partial charge in [0.2, 0.25) is 5.91 Å². The summed E-state index contributed by atoms with van der Waals surface area (Å²) in [7, 11) is 1.45. The maximum absolute atomic E-state index is 12.4. The van der Waals surface area contributed by atoms with Crippen LogP contribution in [-0.2, 0) is 4.79 Å². The van der Waals surface area contributed by atoms with Crippen LogP contribution in [0.15, 0.2) is 48.7 Å². The number of fused-ring (bicyclic) bond motifs is 1. The van der Waals surface area contributed by atoms with Gasteiger partial charge in [0, 0.05) is 30.2 Å².